The van der Waals surface area contributed by atoms with Crippen LogP contribution in [0, 0.1) is 17.8 Å². The fourth-order valence-corrected chi connectivity index (χ4v) is 7.50. The van der Waals surface area contributed by atoms with Crippen molar-refractivity contribution in [2.75, 3.05) is 33.3 Å². The molecule has 4 nitrogen and oxygen atoms in total. The second kappa shape index (κ2) is 11.0. The molecule has 0 N–H and O–H groups in total. The highest BCUT2D eigenvalue weighted by molar-refractivity contribution is 5.98. The molecule has 1 aliphatic heterocycles. The number of carbonyl (C=O) groups is 1. The Labute approximate surface area is 234 Å². The summed E-state index contributed by atoms with van der Waals surface area (Å²) in [5.74, 6) is 3.08. The van der Waals surface area contributed by atoms with Gasteiger partial charge in [-0.05, 0) is 103 Å². The van der Waals surface area contributed by atoms with Gasteiger partial charge < -0.3 is 14.5 Å². The highest BCUT2D eigenvalue weighted by Crippen LogP contribution is 2.51. The molecule has 3 aromatic rings. The lowest BCUT2D eigenvalue weighted by Gasteiger charge is -2.55. The van der Waals surface area contributed by atoms with Gasteiger partial charge in [0.15, 0.2) is 0 Å². The van der Waals surface area contributed by atoms with Crippen molar-refractivity contribution in [3.8, 4) is 5.75 Å². The van der Waals surface area contributed by atoms with E-state index in [1.807, 2.05) is 6.07 Å². The average Bonchev–Trinajstić information content (AvgIpc) is 3.79. The zero-order valence-electron chi connectivity index (χ0n) is 23.9. The number of benzene rings is 3. The van der Waals surface area contributed by atoms with Crippen LogP contribution in [0.3, 0.4) is 0 Å². The third-order valence-electron chi connectivity index (χ3n) is 9.70. The van der Waals surface area contributed by atoms with Crippen LogP contribution in [0.2, 0.25) is 0 Å². The third kappa shape index (κ3) is 5.45. The maximum Gasteiger partial charge on any atom is 0.254 e. The van der Waals surface area contributed by atoms with Crippen molar-refractivity contribution in [1.29, 1.82) is 0 Å². The molecule has 0 bridgehead atoms. The van der Waals surface area contributed by atoms with E-state index in [2.05, 4.69) is 84.3 Å². The molecule has 0 spiro atoms. The van der Waals surface area contributed by atoms with Crippen LogP contribution in [0.5, 0.6) is 5.75 Å². The summed E-state index contributed by atoms with van der Waals surface area (Å²) in [5.41, 5.74) is 2.30. The third-order valence-corrected chi connectivity index (χ3v) is 9.70. The number of rotatable bonds is 8. The van der Waals surface area contributed by atoms with Gasteiger partial charge in [0.2, 0.25) is 0 Å². The number of carbonyl (C=O) groups excluding carboxylic acids is 1. The van der Waals surface area contributed by atoms with Crippen LogP contribution in [-0.2, 0) is 5.41 Å². The van der Waals surface area contributed by atoms with E-state index in [0.29, 0.717) is 11.8 Å². The number of ether oxygens (including phenoxy) is 1. The SMILES string of the molecule is COc1cccc([C@@]23CCN(CC4CC4)C[C@H]2CC[C@@H](N(CC(C)C)C(=O)c2ccc4ccccc4c2)C3)c1. The Morgan fingerprint density at radius 1 is 1.00 bits per heavy atom. The molecule has 4 heteroatoms. The molecule has 39 heavy (non-hydrogen) atoms. The topological polar surface area (TPSA) is 32.8 Å². The van der Waals surface area contributed by atoms with Crippen molar-refractivity contribution in [2.24, 2.45) is 17.8 Å². The number of amides is 1. The van der Waals surface area contributed by atoms with E-state index >= 15 is 0 Å². The predicted octanol–water partition coefficient (Wildman–Crippen LogP) is 7.17. The van der Waals surface area contributed by atoms with E-state index in [0.717, 1.165) is 55.0 Å². The molecule has 0 aromatic heterocycles. The fraction of sp³-hybridized carbons (Fsp3) is 0.514. The summed E-state index contributed by atoms with van der Waals surface area (Å²) in [6.07, 6.45) is 7.26. The normalized spacial score (nSPS) is 25.4. The smallest absolute Gasteiger partial charge is 0.254 e. The molecule has 1 amide bonds. The first-order chi connectivity index (χ1) is 18.9. The van der Waals surface area contributed by atoms with E-state index in [4.69, 9.17) is 4.74 Å². The molecule has 1 saturated heterocycles. The monoisotopic (exact) mass is 524 g/mol. The molecule has 2 saturated carbocycles. The fourth-order valence-electron chi connectivity index (χ4n) is 7.50. The Hall–Kier alpha value is -2.85. The summed E-state index contributed by atoms with van der Waals surface area (Å²) in [5, 5.41) is 2.31. The molecule has 1 heterocycles. The first kappa shape index (κ1) is 26.4. The summed E-state index contributed by atoms with van der Waals surface area (Å²) in [6, 6.07) is 23.6. The Bertz CT molecular complexity index is 1310. The van der Waals surface area contributed by atoms with E-state index in [1.54, 1.807) is 7.11 Å². The zero-order valence-corrected chi connectivity index (χ0v) is 23.9. The molecule has 3 aliphatic rings. The number of piperidine rings is 1. The van der Waals surface area contributed by atoms with Gasteiger partial charge in [-0.15, -0.1) is 0 Å². The van der Waals surface area contributed by atoms with Gasteiger partial charge >= 0.3 is 0 Å². The minimum Gasteiger partial charge on any atom is -0.497 e. The summed E-state index contributed by atoms with van der Waals surface area (Å²) in [6.45, 7) is 8.88. The Balaban J connectivity index is 1.32. The first-order valence-electron chi connectivity index (χ1n) is 15.1. The Morgan fingerprint density at radius 3 is 2.59 bits per heavy atom. The largest absolute Gasteiger partial charge is 0.497 e. The maximum absolute atomic E-state index is 14.2. The number of methoxy groups -OCH3 is 1. The highest BCUT2D eigenvalue weighted by Gasteiger charge is 2.50. The van der Waals surface area contributed by atoms with Crippen LogP contribution in [0.4, 0.5) is 0 Å². The average molecular weight is 525 g/mol. The molecule has 3 atom stereocenters. The molecule has 6 rings (SSSR count). The molecule has 3 aromatic carbocycles. The van der Waals surface area contributed by atoms with Crippen LogP contribution >= 0.6 is 0 Å². The zero-order chi connectivity index (χ0) is 27.0. The second-order valence-electron chi connectivity index (χ2n) is 12.9. The number of nitrogens with zero attached hydrogens (tertiary/aromatic N) is 2. The molecule has 0 radical (unpaired) electrons. The molecule has 0 unspecified atom stereocenters. The number of likely N-dealkylation sites (tertiary alicyclic amines) is 1. The van der Waals surface area contributed by atoms with E-state index in [-0.39, 0.29) is 17.4 Å². The van der Waals surface area contributed by atoms with Gasteiger partial charge in [0, 0.05) is 36.7 Å². The lowest BCUT2D eigenvalue weighted by molar-refractivity contribution is 0.00990. The second-order valence-corrected chi connectivity index (χ2v) is 12.9. The van der Waals surface area contributed by atoms with Crippen LogP contribution in [0.25, 0.3) is 10.8 Å². The van der Waals surface area contributed by atoms with E-state index in [1.165, 1.54) is 43.3 Å². The predicted molar refractivity (Wildman–Crippen MR) is 159 cm³/mol. The summed E-state index contributed by atoms with van der Waals surface area (Å²) in [7, 11) is 1.77. The molecular weight excluding hydrogens is 480 g/mol. The number of hydrogen-bond acceptors (Lipinski definition) is 3. The minimum atomic E-state index is 0.0798. The van der Waals surface area contributed by atoms with Crippen LogP contribution < -0.4 is 4.74 Å². The lowest BCUT2D eigenvalue weighted by atomic mass is 9.57. The van der Waals surface area contributed by atoms with Gasteiger partial charge in [0.05, 0.1) is 7.11 Å². The van der Waals surface area contributed by atoms with Crippen LogP contribution in [-0.4, -0.2) is 55.0 Å². The maximum atomic E-state index is 14.2. The van der Waals surface area contributed by atoms with Gasteiger partial charge in [-0.1, -0.05) is 56.3 Å². The quantitative estimate of drug-likeness (QED) is 0.313. The van der Waals surface area contributed by atoms with Crippen molar-refractivity contribution < 1.29 is 9.53 Å². The van der Waals surface area contributed by atoms with Gasteiger partial charge in [0.25, 0.3) is 5.91 Å². The lowest BCUT2D eigenvalue weighted by Crippen LogP contribution is -2.57. The van der Waals surface area contributed by atoms with Crippen LogP contribution in [0.15, 0.2) is 66.7 Å². The standard InChI is InChI=1S/C35H44N2O2/c1-25(2)22-37(34(38)29-14-13-27-7-4-5-8-28(27)19-29)32-16-15-31-24-36(23-26-11-12-26)18-17-35(31,21-32)30-9-6-10-33(20-30)39-3/h4-10,13-14,19-20,25-26,31-32H,11-12,15-18,21-24H2,1-3H3/t31-,32-,35+/m1/s1. The summed E-state index contributed by atoms with van der Waals surface area (Å²) < 4.78 is 5.69. The molecule has 2 aliphatic carbocycles. The van der Waals surface area contributed by atoms with Crippen molar-refractivity contribution in [3.05, 3.63) is 77.9 Å². The minimum absolute atomic E-state index is 0.0798. The van der Waals surface area contributed by atoms with E-state index in [9.17, 15) is 4.79 Å². The van der Waals surface area contributed by atoms with Gasteiger partial charge in [0.1, 0.15) is 5.75 Å². The first-order valence-corrected chi connectivity index (χ1v) is 15.1. The van der Waals surface area contributed by atoms with Crippen molar-refractivity contribution >= 4 is 16.7 Å². The number of fused-ring (bicyclic) bond motifs is 2. The van der Waals surface area contributed by atoms with Gasteiger partial charge in [-0.3, -0.25) is 4.79 Å². The van der Waals surface area contributed by atoms with Crippen LogP contribution in [0.1, 0.15) is 68.3 Å². The molecule has 206 valence electrons. The van der Waals surface area contributed by atoms with Crippen molar-refractivity contribution in [2.45, 2.75) is 63.8 Å². The van der Waals surface area contributed by atoms with Crippen molar-refractivity contribution in [3.63, 3.8) is 0 Å². The highest BCUT2D eigenvalue weighted by atomic mass is 16.5. The number of hydrogen-bond donors (Lipinski definition) is 0. The van der Waals surface area contributed by atoms with E-state index < -0.39 is 0 Å². The van der Waals surface area contributed by atoms with Crippen molar-refractivity contribution in [1.82, 2.24) is 9.80 Å². The Kier molecular flexibility index (Phi) is 7.41. The summed E-state index contributed by atoms with van der Waals surface area (Å²) in [4.78, 5) is 19.2. The molecule has 3 fully saturated rings. The van der Waals surface area contributed by atoms with Gasteiger partial charge in [-0.2, -0.15) is 0 Å². The summed E-state index contributed by atoms with van der Waals surface area (Å²) >= 11 is 0. The Morgan fingerprint density at radius 2 is 1.82 bits per heavy atom. The molecular formula is C35H44N2O2. The van der Waals surface area contributed by atoms with Gasteiger partial charge in [-0.25, -0.2) is 0 Å².